The topological polar surface area (TPSA) is 38.0 Å². The molecule has 1 rings (SSSR count). The van der Waals surface area contributed by atoms with Crippen LogP contribution >= 0.6 is 0 Å². The van der Waals surface area contributed by atoms with Crippen LogP contribution in [0.5, 0.6) is 0 Å². The van der Waals surface area contributed by atoms with Gasteiger partial charge < -0.3 is 0 Å². The van der Waals surface area contributed by atoms with E-state index >= 15 is 0 Å². The van der Waals surface area contributed by atoms with Gasteiger partial charge in [-0.25, -0.2) is 0 Å². The molecule has 2 heteroatoms. The fourth-order valence-corrected chi connectivity index (χ4v) is 1.45. The van der Waals surface area contributed by atoms with Crippen molar-refractivity contribution < 1.29 is 0 Å². The minimum Gasteiger partial charge on any atom is -0.271 e. The maximum atomic E-state index is 5.37. The second kappa shape index (κ2) is 5.78. The number of benzene rings is 1. The Balaban J connectivity index is 2.59. The van der Waals surface area contributed by atoms with Gasteiger partial charge in [-0.15, -0.1) is 0 Å². The Morgan fingerprint density at radius 1 is 1.29 bits per heavy atom. The first-order valence-corrected chi connectivity index (χ1v) is 5.33. The van der Waals surface area contributed by atoms with Gasteiger partial charge in [0.05, 0.1) is 0 Å². The third-order valence-electron chi connectivity index (χ3n) is 2.55. The summed E-state index contributed by atoms with van der Waals surface area (Å²) in [4.78, 5) is 0. The number of nitrogens with two attached hydrogens (primary N) is 1. The zero-order valence-corrected chi connectivity index (χ0v) is 9.09. The number of hydrogen-bond acceptors (Lipinski definition) is 2. The highest BCUT2D eigenvalue weighted by atomic mass is 15.2. The number of hydrazine groups is 1. The summed E-state index contributed by atoms with van der Waals surface area (Å²) in [5.41, 5.74) is 5.40. The zero-order chi connectivity index (χ0) is 10.4. The van der Waals surface area contributed by atoms with Crippen molar-refractivity contribution in [2.24, 2.45) is 5.84 Å². The van der Waals surface area contributed by atoms with Crippen molar-refractivity contribution in [3.63, 3.8) is 0 Å². The van der Waals surface area contributed by atoms with Crippen LogP contribution in [0.1, 0.15) is 43.9 Å². The van der Waals surface area contributed by atoms with Crippen LogP contribution in [-0.2, 0) is 6.42 Å². The molecule has 0 heterocycles. The van der Waals surface area contributed by atoms with E-state index in [0.29, 0.717) is 0 Å². The highest BCUT2D eigenvalue weighted by Crippen LogP contribution is 2.13. The quantitative estimate of drug-likeness (QED) is 0.556. The van der Waals surface area contributed by atoms with Crippen molar-refractivity contribution in [1.29, 1.82) is 0 Å². The second-order valence-corrected chi connectivity index (χ2v) is 3.73. The smallest absolute Gasteiger partial charge is 0.0431 e. The summed E-state index contributed by atoms with van der Waals surface area (Å²) in [6.07, 6.45) is 3.70. The van der Waals surface area contributed by atoms with E-state index in [-0.39, 0.29) is 6.04 Å². The molecule has 0 aromatic heterocycles. The lowest BCUT2D eigenvalue weighted by Crippen LogP contribution is -2.25. The molecule has 0 fully saturated rings. The molecular formula is C12H20N2. The van der Waals surface area contributed by atoms with E-state index in [9.17, 15) is 0 Å². The van der Waals surface area contributed by atoms with Gasteiger partial charge in [0.1, 0.15) is 0 Å². The van der Waals surface area contributed by atoms with E-state index in [1.165, 1.54) is 30.4 Å². The lowest BCUT2D eigenvalue weighted by atomic mass is 10.0. The first-order chi connectivity index (χ1) is 6.77. The van der Waals surface area contributed by atoms with Gasteiger partial charge >= 0.3 is 0 Å². The van der Waals surface area contributed by atoms with Crippen LogP contribution in [0.2, 0.25) is 0 Å². The van der Waals surface area contributed by atoms with E-state index < -0.39 is 0 Å². The Labute approximate surface area is 86.5 Å². The van der Waals surface area contributed by atoms with Gasteiger partial charge in [0, 0.05) is 6.04 Å². The third kappa shape index (κ3) is 3.13. The van der Waals surface area contributed by atoms with Crippen molar-refractivity contribution in [2.75, 3.05) is 0 Å². The van der Waals surface area contributed by atoms with Crippen molar-refractivity contribution in [2.45, 2.75) is 39.2 Å². The molecule has 0 saturated carbocycles. The molecule has 0 unspecified atom stereocenters. The molecule has 78 valence electrons. The molecule has 0 bridgehead atoms. The summed E-state index contributed by atoms with van der Waals surface area (Å²) in [7, 11) is 0. The van der Waals surface area contributed by atoms with Gasteiger partial charge in [-0.05, 0) is 30.9 Å². The minimum atomic E-state index is 0.232. The van der Waals surface area contributed by atoms with E-state index in [1.807, 2.05) is 0 Å². The summed E-state index contributed by atoms with van der Waals surface area (Å²) in [5, 5.41) is 0. The summed E-state index contributed by atoms with van der Waals surface area (Å²) in [6, 6.07) is 8.91. The lowest BCUT2D eigenvalue weighted by molar-refractivity contribution is 0.602. The average Bonchev–Trinajstić information content (AvgIpc) is 2.26. The van der Waals surface area contributed by atoms with Gasteiger partial charge in [-0.2, -0.15) is 0 Å². The molecule has 0 aliphatic carbocycles. The number of unbranched alkanes of at least 4 members (excludes halogenated alkanes) is 1. The van der Waals surface area contributed by atoms with Crippen LogP contribution in [0.4, 0.5) is 0 Å². The van der Waals surface area contributed by atoms with Crippen molar-refractivity contribution in [3.05, 3.63) is 35.4 Å². The Bertz CT molecular complexity index is 254. The van der Waals surface area contributed by atoms with E-state index in [0.717, 1.165) is 0 Å². The zero-order valence-electron chi connectivity index (χ0n) is 9.09. The standard InChI is InChI=1S/C12H20N2/c1-3-4-5-11-6-8-12(9-7-11)10(2)14-13/h6-10,14H,3-5,13H2,1-2H3/t10-/m0/s1. The maximum absolute atomic E-state index is 5.37. The molecule has 1 aromatic carbocycles. The molecule has 0 radical (unpaired) electrons. The van der Waals surface area contributed by atoms with Crippen LogP contribution in [0, 0.1) is 0 Å². The van der Waals surface area contributed by atoms with Crippen molar-refractivity contribution in [1.82, 2.24) is 5.43 Å². The molecule has 14 heavy (non-hydrogen) atoms. The molecule has 0 amide bonds. The average molecular weight is 192 g/mol. The van der Waals surface area contributed by atoms with Gasteiger partial charge in [0.15, 0.2) is 0 Å². The number of nitrogens with one attached hydrogen (secondary N) is 1. The molecule has 2 nitrogen and oxygen atoms in total. The molecule has 0 saturated heterocycles. The Morgan fingerprint density at radius 3 is 2.43 bits per heavy atom. The fraction of sp³-hybridized carbons (Fsp3) is 0.500. The van der Waals surface area contributed by atoms with Crippen molar-refractivity contribution in [3.8, 4) is 0 Å². The van der Waals surface area contributed by atoms with Gasteiger partial charge in [0.2, 0.25) is 0 Å². The fourth-order valence-electron chi connectivity index (χ4n) is 1.45. The first kappa shape index (κ1) is 11.2. The van der Waals surface area contributed by atoms with E-state index in [4.69, 9.17) is 5.84 Å². The first-order valence-electron chi connectivity index (χ1n) is 5.33. The van der Waals surface area contributed by atoms with Crippen LogP contribution in [0.25, 0.3) is 0 Å². The van der Waals surface area contributed by atoms with E-state index in [2.05, 4.69) is 43.5 Å². The Kier molecular flexibility index (Phi) is 4.63. The number of aryl methyl sites for hydroxylation is 1. The van der Waals surface area contributed by atoms with Gasteiger partial charge in [-0.1, -0.05) is 37.6 Å². The van der Waals surface area contributed by atoms with Gasteiger partial charge in [-0.3, -0.25) is 11.3 Å². The molecule has 0 spiro atoms. The van der Waals surface area contributed by atoms with Crippen LogP contribution < -0.4 is 11.3 Å². The molecule has 3 N–H and O–H groups in total. The largest absolute Gasteiger partial charge is 0.271 e. The van der Waals surface area contributed by atoms with Crippen molar-refractivity contribution >= 4 is 0 Å². The highest BCUT2D eigenvalue weighted by Gasteiger charge is 2.01. The monoisotopic (exact) mass is 192 g/mol. The van der Waals surface area contributed by atoms with Gasteiger partial charge in [0.25, 0.3) is 0 Å². The molecule has 1 aromatic rings. The molecular weight excluding hydrogens is 172 g/mol. The molecule has 0 aliphatic heterocycles. The Hall–Kier alpha value is -0.860. The van der Waals surface area contributed by atoms with E-state index in [1.54, 1.807) is 0 Å². The van der Waals surface area contributed by atoms with Crippen LogP contribution in [0.3, 0.4) is 0 Å². The number of rotatable bonds is 5. The summed E-state index contributed by atoms with van der Waals surface area (Å²) < 4.78 is 0. The SMILES string of the molecule is CCCCc1ccc([C@H](C)NN)cc1. The lowest BCUT2D eigenvalue weighted by Gasteiger charge is -2.10. The molecule has 1 atom stereocenters. The number of hydrogen-bond donors (Lipinski definition) is 2. The predicted molar refractivity (Wildman–Crippen MR) is 60.8 cm³/mol. The third-order valence-corrected chi connectivity index (χ3v) is 2.55. The second-order valence-electron chi connectivity index (χ2n) is 3.73. The summed E-state index contributed by atoms with van der Waals surface area (Å²) in [6.45, 7) is 4.27. The van der Waals surface area contributed by atoms with Crippen LogP contribution in [-0.4, -0.2) is 0 Å². The summed E-state index contributed by atoms with van der Waals surface area (Å²) in [5.74, 6) is 5.37. The highest BCUT2D eigenvalue weighted by molar-refractivity contribution is 5.24. The summed E-state index contributed by atoms with van der Waals surface area (Å²) >= 11 is 0. The Morgan fingerprint density at radius 2 is 1.93 bits per heavy atom. The maximum Gasteiger partial charge on any atom is 0.0431 e. The minimum absolute atomic E-state index is 0.232. The predicted octanol–water partition coefficient (Wildman–Crippen LogP) is 2.55. The van der Waals surface area contributed by atoms with Crippen LogP contribution in [0.15, 0.2) is 24.3 Å². The normalized spacial score (nSPS) is 12.8. The molecule has 0 aliphatic rings.